The summed E-state index contributed by atoms with van der Waals surface area (Å²) in [6.45, 7) is 7.49. The Labute approximate surface area is 183 Å². The lowest BCUT2D eigenvalue weighted by atomic mass is 9.81. The zero-order valence-electron chi connectivity index (χ0n) is 18.3. The van der Waals surface area contributed by atoms with Crippen LogP contribution in [0, 0.1) is 0 Å². The van der Waals surface area contributed by atoms with Crippen molar-refractivity contribution in [2.75, 3.05) is 33.8 Å². The number of hydrogen-bond donors (Lipinski definition) is 1. The number of aliphatic hydroxyl groups excluding tert-OH is 1. The summed E-state index contributed by atoms with van der Waals surface area (Å²) in [5.41, 5.74) is 2.10. The van der Waals surface area contributed by atoms with E-state index in [0.717, 1.165) is 49.7 Å². The number of aromatic nitrogens is 1. The fourth-order valence-electron chi connectivity index (χ4n) is 4.92. The van der Waals surface area contributed by atoms with E-state index in [1.54, 1.807) is 7.11 Å². The van der Waals surface area contributed by atoms with Crippen LogP contribution in [0.25, 0.3) is 0 Å². The molecule has 2 aromatic rings. The van der Waals surface area contributed by atoms with Crippen LogP contribution >= 0.6 is 11.6 Å². The molecule has 0 bridgehead atoms. The summed E-state index contributed by atoms with van der Waals surface area (Å²) in [6.07, 6.45) is 1.29. The van der Waals surface area contributed by atoms with Gasteiger partial charge < -0.3 is 19.1 Å². The lowest BCUT2D eigenvalue weighted by Crippen LogP contribution is -2.56. The monoisotopic (exact) mass is 433 g/mol. The fraction of sp³-hybridized carbons (Fsp3) is 0.565. The molecule has 1 spiro atoms. The number of nitrogens with zero attached hydrogens (tertiary/aromatic N) is 3. The Kier molecular flexibility index (Phi) is 6.04. The highest BCUT2D eigenvalue weighted by Gasteiger charge is 2.45. The molecule has 1 saturated heterocycles. The van der Waals surface area contributed by atoms with Gasteiger partial charge in [0.05, 0.1) is 18.8 Å². The van der Waals surface area contributed by atoms with Crippen molar-refractivity contribution in [1.82, 2.24) is 14.4 Å². The Hall–Kier alpha value is -1.73. The first kappa shape index (κ1) is 21.5. The van der Waals surface area contributed by atoms with Crippen LogP contribution in [-0.2, 0) is 12.1 Å². The zero-order chi connectivity index (χ0) is 21.5. The highest BCUT2D eigenvalue weighted by atomic mass is 35.5. The summed E-state index contributed by atoms with van der Waals surface area (Å²) >= 11 is 6.41. The minimum Gasteiger partial charge on any atom is -0.493 e. The van der Waals surface area contributed by atoms with Crippen molar-refractivity contribution in [2.24, 2.45) is 0 Å². The summed E-state index contributed by atoms with van der Waals surface area (Å²) in [7, 11) is 3.83. The molecule has 30 heavy (non-hydrogen) atoms. The average Bonchev–Trinajstić information content (AvgIpc) is 3.12. The molecule has 0 amide bonds. The first-order valence-electron chi connectivity index (χ1n) is 10.7. The lowest BCUT2D eigenvalue weighted by molar-refractivity contribution is -0.0586. The first-order chi connectivity index (χ1) is 14.4. The number of ether oxygens (including phenoxy) is 2. The molecule has 1 aromatic heterocycles. The molecule has 7 heteroatoms. The second-order valence-electron chi connectivity index (χ2n) is 8.63. The van der Waals surface area contributed by atoms with Crippen LogP contribution in [0.2, 0.25) is 5.15 Å². The van der Waals surface area contributed by atoms with Crippen LogP contribution in [0.15, 0.2) is 30.3 Å². The molecule has 1 fully saturated rings. The smallest absolute Gasteiger partial charge is 0.161 e. The minimum atomic E-state index is -0.673. The third kappa shape index (κ3) is 3.71. The highest BCUT2D eigenvalue weighted by molar-refractivity contribution is 6.29. The number of piperidine rings is 1. The van der Waals surface area contributed by atoms with E-state index in [0.29, 0.717) is 11.5 Å². The molecular formula is C23H32ClN3O3. The van der Waals surface area contributed by atoms with Gasteiger partial charge in [0.2, 0.25) is 0 Å². The molecule has 0 saturated carbocycles. The van der Waals surface area contributed by atoms with Crippen molar-refractivity contribution in [1.29, 1.82) is 0 Å². The van der Waals surface area contributed by atoms with Crippen molar-refractivity contribution in [2.45, 2.75) is 51.1 Å². The maximum absolute atomic E-state index is 11.1. The Bertz CT molecular complexity index is 890. The summed E-state index contributed by atoms with van der Waals surface area (Å²) in [6, 6.07) is 9.86. The number of methoxy groups -OCH3 is 1. The lowest BCUT2D eigenvalue weighted by Gasteiger charge is -2.51. The molecule has 4 rings (SSSR count). The van der Waals surface area contributed by atoms with Crippen LogP contribution in [-0.4, -0.2) is 59.4 Å². The van der Waals surface area contributed by atoms with Crippen molar-refractivity contribution in [3.63, 3.8) is 0 Å². The van der Waals surface area contributed by atoms with E-state index >= 15 is 0 Å². The Morgan fingerprint density at radius 3 is 2.43 bits per heavy atom. The van der Waals surface area contributed by atoms with Crippen molar-refractivity contribution in [3.8, 4) is 11.5 Å². The molecule has 1 aromatic carbocycles. The van der Waals surface area contributed by atoms with E-state index in [9.17, 15) is 5.11 Å². The number of hydrogen-bond acceptors (Lipinski definition) is 5. The first-order valence-corrected chi connectivity index (χ1v) is 11.1. The predicted octanol–water partition coefficient (Wildman–Crippen LogP) is 3.86. The number of benzene rings is 1. The van der Waals surface area contributed by atoms with Crippen molar-refractivity contribution in [3.05, 3.63) is 46.7 Å². The topological polar surface area (TPSA) is 50.1 Å². The zero-order valence-corrected chi connectivity index (χ0v) is 19.0. The molecule has 0 aliphatic carbocycles. The van der Waals surface area contributed by atoms with E-state index in [-0.39, 0.29) is 11.6 Å². The van der Waals surface area contributed by atoms with Crippen LogP contribution in [0.4, 0.5) is 0 Å². The Morgan fingerprint density at radius 2 is 1.77 bits per heavy atom. The van der Waals surface area contributed by atoms with E-state index in [1.165, 1.54) is 5.69 Å². The van der Waals surface area contributed by atoms with E-state index in [4.69, 9.17) is 21.1 Å². The van der Waals surface area contributed by atoms with E-state index < -0.39 is 6.23 Å². The van der Waals surface area contributed by atoms with Crippen LogP contribution in [0.5, 0.6) is 11.5 Å². The van der Waals surface area contributed by atoms with E-state index in [2.05, 4.69) is 27.5 Å². The van der Waals surface area contributed by atoms with Gasteiger partial charge in [-0.3, -0.25) is 9.80 Å². The van der Waals surface area contributed by atoms with Gasteiger partial charge in [-0.1, -0.05) is 17.7 Å². The van der Waals surface area contributed by atoms with Crippen LogP contribution < -0.4 is 9.47 Å². The molecule has 3 heterocycles. The standard InChI is InChI=1S/C23H32ClN3O3/c1-16(2)30-18-6-5-17(15-19(18)29-4)22(28)26-11-9-23(10-12-26)20-7-8-21(24)27(20)14-13-25(23)3/h5-8,15-16,22,28H,9-14H2,1-4H3. The van der Waals surface area contributed by atoms with Gasteiger partial charge in [-0.05, 0) is 63.6 Å². The second kappa shape index (κ2) is 8.42. The summed E-state index contributed by atoms with van der Waals surface area (Å²) in [4.78, 5) is 4.60. The molecule has 0 radical (unpaired) electrons. The van der Waals surface area contributed by atoms with E-state index in [1.807, 2.05) is 38.1 Å². The van der Waals surface area contributed by atoms with Crippen molar-refractivity contribution < 1.29 is 14.6 Å². The minimum absolute atomic E-state index is 0.0196. The Balaban J connectivity index is 1.51. The number of likely N-dealkylation sites (tertiary alicyclic amines) is 1. The molecule has 1 unspecified atom stereocenters. The number of aliphatic hydroxyl groups is 1. The maximum atomic E-state index is 11.1. The van der Waals surface area contributed by atoms with Gasteiger partial charge in [0, 0.05) is 31.9 Å². The highest BCUT2D eigenvalue weighted by Crippen LogP contribution is 2.43. The van der Waals surface area contributed by atoms with Gasteiger partial charge >= 0.3 is 0 Å². The number of fused-ring (bicyclic) bond motifs is 2. The largest absolute Gasteiger partial charge is 0.493 e. The molecule has 2 aliphatic rings. The van der Waals surface area contributed by atoms with Gasteiger partial charge in [0.25, 0.3) is 0 Å². The van der Waals surface area contributed by atoms with Gasteiger partial charge in [0.15, 0.2) is 11.5 Å². The molecule has 1 atom stereocenters. The van der Waals surface area contributed by atoms with Crippen LogP contribution in [0.1, 0.15) is 44.2 Å². The predicted molar refractivity (Wildman–Crippen MR) is 118 cm³/mol. The third-order valence-electron chi connectivity index (χ3n) is 6.61. The molecule has 1 N–H and O–H groups in total. The Morgan fingerprint density at radius 1 is 1.03 bits per heavy atom. The molecule has 2 aliphatic heterocycles. The van der Waals surface area contributed by atoms with Gasteiger partial charge in [-0.2, -0.15) is 0 Å². The second-order valence-corrected chi connectivity index (χ2v) is 9.02. The SMILES string of the molecule is COc1cc(C(O)N2CCC3(CC2)c2ccc(Cl)n2CCN3C)ccc1OC(C)C. The normalized spacial score (nSPS) is 20.4. The number of halogens is 1. The van der Waals surface area contributed by atoms with Gasteiger partial charge in [-0.15, -0.1) is 0 Å². The fourth-order valence-corrected chi connectivity index (χ4v) is 5.16. The van der Waals surface area contributed by atoms with Crippen molar-refractivity contribution >= 4 is 11.6 Å². The number of likely N-dealkylation sites (N-methyl/N-ethyl adjacent to an activating group) is 1. The summed E-state index contributed by atoms with van der Waals surface area (Å²) in [5.74, 6) is 1.34. The maximum Gasteiger partial charge on any atom is 0.161 e. The molecular weight excluding hydrogens is 402 g/mol. The molecule has 164 valence electrons. The third-order valence-corrected chi connectivity index (χ3v) is 6.94. The molecule has 6 nitrogen and oxygen atoms in total. The van der Waals surface area contributed by atoms with Gasteiger partial charge in [-0.25, -0.2) is 0 Å². The summed E-state index contributed by atoms with van der Waals surface area (Å²) < 4.78 is 13.5. The van der Waals surface area contributed by atoms with Gasteiger partial charge in [0.1, 0.15) is 11.4 Å². The summed E-state index contributed by atoms with van der Waals surface area (Å²) in [5, 5.41) is 11.9. The number of rotatable bonds is 5. The quantitative estimate of drug-likeness (QED) is 0.775. The average molecular weight is 434 g/mol. The van der Waals surface area contributed by atoms with Crippen LogP contribution in [0.3, 0.4) is 0 Å².